The molecule has 0 aliphatic carbocycles. The number of carbonyl (C=O) groups is 1. The van der Waals surface area contributed by atoms with Gasteiger partial charge in [0.25, 0.3) is 5.69 Å². The van der Waals surface area contributed by atoms with E-state index in [-0.39, 0.29) is 17.9 Å². The number of aromatic nitrogens is 1. The minimum atomic E-state index is -0.565. The maximum Gasteiger partial charge on any atom is 0.338 e. The molecule has 2 rings (SSSR count). The van der Waals surface area contributed by atoms with Gasteiger partial charge in [-0.15, -0.1) is 0 Å². The number of carbonyl (C=O) groups excluding carboxylic acids is 1. The summed E-state index contributed by atoms with van der Waals surface area (Å²) in [4.78, 5) is 22.1. The number of hydrogen-bond acceptors (Lipinski definition) is 4. The smallest absolute Gasteiger partial charge is 0.338 e. The molecule has 6 nitrogen and oxygen atoms in total. The lowest BCUT2D eigenvalue weighted by Gasteiger charge is -2.06. The maximum absolute atomic E-state index is 11.6. The number of nitro benzene ring substituents is 1. The zero-order valence-electron chi connectivity index (χ0n) is 10.3. The summed E-state index contributed by atoms with van der Waals surface area (Å²) in [7, 11) is 0. The van der Waals surface area contributed by atoms with Crippen molar-refractivity contribution < 1.29 is 14.5 Å². The van der Waals surface area contributed by atoms with Gasteiger partial charge < -0.3 is 9.30 Å². The molecule has 0 aliphatic rings. The summed E-state index contributed by atoms with van der Waals surface area (Å²) in [6, 6.07) is 7.81. The van der Waals surface area contributed by atoms with Crippen LogP contribution < -0.4 is 0 Å². The van der Waals surface area contributed by atoms with Crippen molar-refractivity contribution in [3.63, 3.8) is 0 Å². The van der Waals surface area contributed by atoms with Gasteiger partial charge in [0.15, 0.2) is 0 Å². The molecule has 0 radical (unpaired) electrons. The molecule has 0 saturated heterocycles. The molecule has 1 heterocycles. The number of hydrogen-bond donors (Lipinski definition) is 0. The average Bonchev–Trinajstić information content (AvgIpc) is 2.92. The van der Waals surface area contributed by atoms with E-state index in [1.54, 1.807) is 36.0 Å². The quantitative estimate of drug-likeness (QED) is 0.481. The first kappa shape index (κ1) is 12.8. The molecule has 2 aromatic rings. The normalized spacial score (nSPS) is 10.2. The molecule has 0 unspecified atom stereocenters. The molecule has 0 saturated carbocycles. The van der Waals surface area contributed by atoms with Gasteiger partial charge in [0.1, 0.15) is 5.69 Å². The van der Waals surface area contributed by atoms with Gasteiger partial charge in [0.05, 0.1) is 17.1 Å². The predicted octanol–water partition coefficient (Wildman–Crippen LogP) is 2.56. The number of benzene rings is 1. The fourth-order valence-corrected chi connectivity index (χ4v) is 1.72. The van der Waals surface area contributed by atoms with E-state index in [9.17, 15) is 14.9 Å². The van der Waals surface area contributed by atoms with Crippen LogP contribution in [-0.4, -0.2) is 22.1 Å². The maximum atomic E-state index is 11.6. The van der Waals surface area contributed by atoms with E-state index >= 15 is 0 Å². The highest BCUT2D eigenvalue weighted by atomic mass is 16.6. The van der Waals surface area contributed by atoms with E-state index in [1.165, 1.54) is 18.2 Å². The van der Waals surface area contributed by atoms with Gasteiger partial charge >= 0.3 is 5.97 Å². The standard InChI is InChI=1S/C13H12N2O4/c1-2-19-13(16)10-5-6-11(12(9-10)15(17)18)14-7-3-4-8-14/h3-9H,2H2,1H3. The third-order valence-electron chi connectivity index (χ3n) is 2.57. The molecular weight excluding hydrogens is 248 g/mol. The summed E-state index contributed by atoms with van der Waals surface area (Å²) in [5.74, 6) is -0.565. The van der Waals surface area contributed by atoms with E-state index in [2.05, 4.69) is 0 Å². The van der Waals surface area contributed by atoms with E-state index < -0.39 is 10.9 Å². The Bertz CT molecular complexity index is 605. The second-order valence-corrected chi connectivity index (χ2v) is 3.77. The van der Waals surface area contributed by atoms with Gasteiger partial charge in [-0.25, -0.2) is 4.79 Å². The average molecular weight is 260 g/mol. The van der Waals surface area contributed by atoms with Crippen LogP contribution in [0, 0.1) is 10.1 Å². The Labute approximate surface area is 109 Å². The first-order valence-electron chi connectivity index (χ1n) is 5.72. The highest BCUT2D eigenvalue weighted by Crippen LogP contribution is 2.24. The molecule has 0 fully saturated rings. The Kier molecular flexibility index (Phi) is 3.61. The summed E-state index contributed by atoms with van der Waals surface area (Å²) in [6.07, 6.45) is 3.40. The second-order valence-electron chi connectivity index (χ2n) is 3.77. The van der Waals surface area contributed by atoms with E-state index in [4.69, 9.17) is 4.74 Å². The molecule has 1 aromatic heterocycles. The lowest BCUT2D eigenvalue weighted by molar-refractivity contribution is -0.384. The van der Waals surface area contributed by atoms with E-state index in [1.807, 2.05) is 0 Å². The molecule has 0 bridgehead atoms. The molecule has 0 atom stereocenters. The van der Waals surface area contributed by atoms with Gasteiger partial charge in [-0.3, -0.25) is 10.1 Å². The minimum absolute atomic E-state index is 0.137. The number of nitro groups is 1. The topological polar surface area (TPSA) is 74.4 Å². The van der Waals surface area contributed by atoms with Crippen LogP contribution in [0.5, 0.6) is 0 Å². The molecule has 0 aliphatic heterocycles. The van der Waals surface area contributed by atoms with Crippen molar-refractivity contribution in [1.29, 1.82) is 0 Å². The lowest BCUT2D eigenvalue weighted by atomic mass is 10.1. The Morgan fingerprint density at radius 2 is 2.05 bits per heavy atom. The summed E-state index contributed by atoms with van der Waals surface area (Å²) in [6.45, 7) is 1.91. The van der Waals surface area contributed by atoms with Crippen LogP contribution in [-0.2, 0) is 4.74 Å². The van der Waals surface area contributed by atoms with Crippen molar-refractivity contribution in [2.45, 2.75) is 6.92 Å². The van der Waals surface area contributed by atoms with Crippen LogP contribution in [0.2, 0.25) is 0 Å². The van der Waals surface area contributed by atoms with Crippen LogP contribution in [0.15, 0.2) is 42.7 Å². The molecule has 0 N–H and O–H groups in total. The Morgan fingerprint density at radius 3 is 2.63 bits per heavy atom. The highest BCUT2D eigenvalue weighted by Gasteiger charge is 2.18. The summed E-state index contributed by atoms with van der Waals surface area (Å²) < 4.78 is 6.44. The van der Waals surface area contributed by atoms with Crippen LogP contribution in [0.3, 0.4) is 0 Å². The second kappa shape index (κ2) is 5.34. The molecular formula is C13H12N2O4. The third-order valence-corrected chi connectivity index (χ3v) is 2.57. The Morgan fingerprint density at radius 1 is 1.37 bits per heavy atom. The predicted molar refractivity (Wildman–Crippen MR) is 68.4 cm³/mol. The van der Waals surface area contributed by atoms with Crippen molar-refractivity contribution in [3.05, 3.63) is 58.4 Å². The van der Waals surface area contributed by atoms with Crippen LogP contribution >= 0.6 is 0 Å². The largest absolute Gasteiger partial charge is 0.462 e. The number of esters is 1. The third kappa shape index (κ3) is 2.62. The Hall–Kier alpha value is -2.63. The number of ether oxygens (including phenoxy) is 1. The fourth-order valence-electron chi connectivity index (χ4n) is 1.72. The first-order valence-corrected chi connectivity index (χ1v) is 5.72. The molecule has 1 aromatic carbocycles. The minimum Gasteiger partial charge on any atom is -0.462 e. The summed E-state index contributed by atoms with van der Waals surface area (Å²) >= 11 is 0. The van der Waals surface area contributed by atoms with Crippen LogP contribution in [0.25, 0.3) is 5.69 Å². The number of rotatable bonds is 4. The molecule has 0 amide bonds. The monoisotopic (exact) mass is 260 g/mol. The summed E-state index contributed by atoms with van der Waals surface area (Å²) in [5.41, 5.74) is 0.439. The van der Waals surface area contributed by atoms with Gasteiger partial charge in [0, 0.05) is 18.5 Å². The van der Waals surface area contributed by atoms with Gasteiger partial charge in [-0.2, -0.15) is 0 Å². The molecule has 0 spiro atoms. The van der Waals surface area contributed by atoms with E-state index in [0.29, 0.717) is 5.69 Å². The van der Waals surface area contributed by atoms with Gasteiger partial charge in [0.2, 0.25) is 0 Å². The van der Waals surface area contributed by atoms with Gasteiger partial charge in [-0.1, -0.05) is 0 Å². The van der Waals surface area contributed by atoms with Crippen molar-refractivity contribution >= 4 is 11.7 Å². The molecule has 98 valence electrons. The van der Waals surface area contributed by atoms with Crippen LogP contribution in [0.4, 0.5) is 5.69 Å². The summed E-state index contributed by atoms with van der Waals surface area (Å²) in [5, 5.41) is 11.1. The SMILES string of the molecule is CCOC(=O)c1ccc(-n2cccc2)c([N+](=O)[O-])c1. The lowest BCUT2D eigenvalue weighted by Crippen LogP contribution is -2.06. The van der Waals surface area contributed by atoms with Crippen molar-refractivity contribution in [1.82, 2.24) is 4.57 Å². The van der Waals surface area contributed by atoms with Gasteiger partial charge in [-0.05, 0) is 31.2 Å². The van der Waals surface area contributed by atoms with Crippen molar-refractivity contribution in [2.75, 3.05) is 6.61 Å². The fraction of sp³-hybridized carbons (Fsp3) is 0.154. The molecule has 19 heavy (non-hydrogen) atoms. The van der Waals surface area contributed by atoms with Crippen molar-refractivity contribution in [3.8, 4) is 5.69 Å². The van der Waals surface area contributed by atoms with Crippen LogP contribution in [0.1, 0.15) is 17.3 Å². The molecule has 6 heteroatoms. The highest BCUT2D eigenvalue weighted by molar-refractivity contribution is 5.90. The zero-order valence-corrected chi connectivity index (χ0v) is 10.3. The first-order chi connectivity index (χ1) is 9.13. The number of nitrogens with zero attached hydrogens (tertiary/aromatic N) is 2. The van der Waals surface area contributed by atoms with Crippen molar-refractivity contribution in [2.24, 2.45) is 0 Å². The van der Waals surface area contributed by atoms with E-state index in [0.717, 1.165) is 0 Å². The zero-order chi connectivity index (χ0) is 13.8. The Balaban J connectivity index is 2.47.